The fraction of sp³-hybridized carbons (Fsp3) is 0.278. The van der Waals surface area contributed by atoms with Gasteiger partial charge in [-0.1, -0.05) is 41.4 Å². The fourth-order valence-electron chi connectivity index (χ4n) is 2.16. The molecule has 2 rings (SSSR count). The minimum Gasteiger partial charge on any atom is -0.483 e. The lowest BCUT2D eigenvalue weighted by Crippen LogP contribution is -2.20. The molecule has 0 bridgehead atoms. The molecular formula is C18H18Br2ClNO2. The summed E-state index contributed by atoms with van der Waals surface area (Å²) < 4.78 is 7.56. The number of carbonyl (C=O) groups excluding carboxylic acids is 1. The van der Waals surface area contributed by atoms with Crippen LogP contribution in [0.4, 0.5) is 5.69 Å². The monoisotopic (exact) mass is 473 g/mol. The third kappa shape index (κ3) is 4.98. The van der Waals surface area contributed by atoms with Crippen molar-refractivity contribution in [2.75, 3.05) is 11.9 Å². The molecule has 0 aromatic heterocycles. The van der Waals surface area contributed by atoms with Gasteiger partial charge >= 0.3 is 0 Å². The van der Waals surface area contributed by atoms with Crippen LogP contribution in [0, 0.1) is 6.92 Å². The maximum absolute atomic E-state index is 12.1. The van der Waals surface area contributed by atoms with E-state index in [1.165, 1.54) is 0 Å². The number of carbonyl (C=O) groups is 1. The topological polar surface area (TPSA) is 38.3 Å². The normalized spacial score (nSPS) is 10.8. The zero-order valence-electron chi connectivity index (χ0n) is 13.6. The third-order valence-electron chi connectivity index (χ3n) is 3.48. The van der Waals surface area contributed by atoms with Crippen LogP contribution in [-0.2, 0) is 4.79 Å². The molecule has 0 fully saturated rings. The summed E-state index contributed by atoms with van der Waals surface area (Å²) in [6.45, 7) is 6.11. The van der Waals surface area contributed by atoms with E-state index in [2.05, 4.69) is 51.0 Å². The highest BCUT2D eigenvalue weighted by atomic mass is 79.9. The van der Waals surface area contributed by atoms with Gasteiger partial charge in [0.2, 0.25) is 0 Å². The lowest BCUT2D eigenvalue weighted by molar-refractivity contribution is -0.118. The van der Waals surface area contributed by atoms with Crippen molar-refractivity contribution in [1.82, 2.24) is 0 Å². The smallest absolute Gasteiger partial charge is 0.262 e. The van der Waals surface area contributed by atoms with E-state index in [0.717, 1.165) is 25.8 Å². The van der Waals surface area contributed by atoms with Crippen LogP contribution in [0.15, 0.2) is 39.3 Å². The molecule has 0 aliphatic rings. The molecule has 1 N–H and O–H groups in total. The Morgan fingerprint density at radius 3 is 2.54 bits per heavy atom. The molecule has 6 heteroatoms. The van der Waals surface area contributed by atoms with Crippen molar-refractivity contribution in [3.05, 3.63) is 55.4 Å². The van der Waals surface area contributed by atoms with Crippen molar-refractivity contribution in [1.29, 1.82) is 0 Å². The summed E-state index contributed by atoms with van der Waals surface area (Å²) in [6, 6.07) is 9.24. The van der Waals surface area contributed by atoms with Crippen LogP contribution in [0.1, 0.15) is 30.9 Å². The number of amides is 1. The summed E-state index contributed by atoms with van der Waals surface area (Å²) in [7, 11) is 0. The molecule has 0 unspecified atom stereocenters. The second kappa shape index (κ2) is 8.37. The number of ether oxygens (including phenoxy) is 1. The Balaban J connectivity index is 2.06. The number of benzene rings is 2. The van der Waals surface area contributed by atoms with Gasteiger partial charge in [-0.3, -0.25) is 4.79 Å². The van der Waals surface area contributed by atoms with E-state index in [0.29, 0.717) is 16.6 Å². The highest BCUT2D eigenvalue weighted by Crippen LogP contribution is 2.32. The summed E-state index contributed by atoms with van der Waals surface area (Å²) >= 11 is 12.9. The van der Waals surface area contributed by atoms with Crippen molar-refractivity contribution >= 4 is 55.1 Å². The van der Waals surface area contributed by atoms with Crippen molar-refractivity contribution in [3.63, 3.8) is 0 Å². The molecule has 0 aliphatic carbocycles. The summed E-state index contributed by atoms with van der Waals surface area (Å²) in [4.78, 5) is 12.1. The molecule has 0 aliphatic heterocycles. The highest BCUT2D eigenvalue weighted by Gasteiger charge is 2.13. The predicted molar refractivity (Wildman–Crippen MR) is 106 cm³/mol. The van der Waals surface area contributed by atoms with E-state index in [4.69, 9.17) is 16.3 Å². The van der Waals surface area contributed by atoms with Gasteiger partial charge in [0.25, 0.3) is 5.91 Å². The van der Waals surface area contributed by atoms with Gasteiger partial charge in [-0.05, 0) is 70.2 Å². The van der Waals surface area contributed by atoms with Gasteiger partial charge in [-0.15, -0.1) is 0 Å². The Bertz CT molecular complexity index is 763. The molecule has 2 aromatic rings. The number of rotatable bonds is 5. The number of nitrogens with one attached hydrogen (secondary N) is 1. The first-order valence-electron chi connectivity index (χ1n) is 7.45. The number of anilines is 1. The summed E-state index contributed by atoms with van der Waals surface area (Å²) in [5.41, 5.74) is 2.76. The van der Waals surface area contributed by atoms with Gasteiger partial charge in [0.15, 0.2) is 6.61 Å². The molecule has 0 spiro atoms. The van der Waals surface area contributed by atoms with Crippen molar-refractivity contribution in [2.45, 2.75) is 26.7 Å². The van der Waals surface area contributed by atoms with E-state index in [-0.39, 0.29) is 12.5 Å². The zero-order chi connectivity index (χ0) is 17.9. The standard InChI is InChI=1S/C18H18Br2ClNO2/c1-10(2)13-8-15(20)11(3)6-17(13)24-9-18(23)22-12-4-5-14(19)16(21)7-12/h4-8,10H,9H2,1-3H3,(H,22,23). The number of aryl methyl sites for hydroxylation is 1. The molecule has 128 valence electrons. The van der Waals surface area contributed by atoms with E-state index >= 15 is 0 Å². The molecule has 2 aromatic carbocycles. The first-order chi connectivity index (χ1) is 11.3. The molecule has 1 amide bonds. The van der Waals surface area contributed by atoms with Gasteiger partial charge in [0.05, 0.1) is 5.02 Å². The van der Waals surface area contributed by atoms with E-state index in [1.807, 2.05) is 19.1 Å². The Morgan fingerprint density at radius 1 is 1.21 bits per heavy atom. The quantitative estimate of drug-likeness (QED) is 0.550. The van der Waals surface area contributed by atoms with Crippen LogP contribution in [0.2, 0.25) is 5.02 Å². The Hall–Kier alpha value is -1.04. The minimum atomic E-state index is -0.233. The fourth-order valence-corrected chi connectivity index (χ4v) is 2.95. The summed E-state index contributed by atoms with van der Waals surface area (Å²) in [5, 5.41) is 3.32. The Kier molecular flexibility index (Phi) is 6.72. The van der Waals surface area contributed by atoms with Crippen molar-refractivity contribution < 1.29 is 9.53 Å². The summed E-state index contributed by atoms with van der Waals surface area (Å²) in [6.07, 6.45) is 0. The van der Waals surface area contributed by atoms with E-state index in [9.17, 15) is 4.79 Å². The lowest BCUT2D eigenvalue weighted by atomic mass is 10.0. The maximum atomic E-state index is 12.1. The lowest BCUT2D eigenvalue weighted by Gasteiger charge is -2.16. The van der Waals surface area contributed by atoms with E-state index in [1.54, 1.807) is 18.2 Å². The number of halogens is 3. The first-order valence-corrected chi connectivity index (χ1v) is 9.42. The van der Waals surface area contributed by atoms with Gasteiger partial charge in [-0.2, -0.15) is 0 Å². The van der Waals surface area contributed by atoms with Crippen LogP contribution < -0.4 is 10.1 Å². The number of hydrogen-bond acceptors (Lipinski definition) is 2. The third-order valence-corrected chi connectivity index (χ3v) is 5.56. The second-order valence-electron chi connectivity index (χ2n) is 5.76. The van der Waals surface area contributed by atoms with Crippen molar-refractivity contribution in [2.24, 2.45) is 0 Å². The molecular weight excluding hydrogens is 457 g/mol. The number of hydrogen-bond donors (Lipinski definition) is 1. The molecule has 0 heterocycles. The second-order valence-corrected chi connectivity index (χ2v) is 7.88. The van der Waals surface area contributed by atoms with Crippen LogP contribution >= 0.6 is 43.5 Å². The van der Waals surface area contributed by atoms with Gasteiger partial charge in [-0.25, -0.2) is 0 Å². The van der Waals surface area contributed by atoms with Crippen LogP contribution in [0.3, 0.4) is 0 Å². The highest BCUT2D eigenvalue weighted by molar-refractivity contribution is 9.10. The first kappa shape index (κ1) is 19.3. The Labute approximate surface area is 164 Å². The van der Waals surface area contributed by atoms with Gasteiger partial charge < -0.3 is 10.1 Å². The molecule has 0 radical (unpaired) electrons. The van der Waals surface area contributed by atoms with Gasteiger partial charge in [0, 0.05) is 14.6 Å². The zero-order valence-corrected chi connectivity index (χ0v) is 17.5. The molecule has 3 nitrogen and oxygen atoms in total. The maximum Gasteiger partial charge on any atom is 0.262 e. The largest absolute Gasteiger partial charge is 0.483 e. The average molecular weight is 476 g/mol. The van der Waals surface area contributed by atoms with Gasteiger partial charge in [0.1, 0.15) is 5.75 Å². The van der Waals surface area contributed by atoms with Crippen molar-refractivity contribution in [3.8, 4) is 5.75 Å². The molecule has 0 saturated heterocycles. The van der Waals surface area contributed by atoms with Crippen LogP contribution in [-0.4, -0.2) is 12.5 Å². The average Bonchev–Trinajstić information content (AvgIpc) is 2.51. The molecule has 24 heavy (non-hydrogen) atoms. The predicted octanol–water partition coefficient (Wildman–Crippen LogP) is 6.31. The van der Waals surface area contributed by atoms with E-state index < -0.39 is 0 Å². The van der Waals surface area contributed by atoms with Crippen LogP contribution in [0.5, 0.6) is 5.75 Å². The van der Waals surface area contributed by atoms with Crippen LogP contribution in [0.25, 0.3) is 0 Å². The molecule has 0 saturated carbocycles. The molecule has 0 atom stereocenters. The Morgan fingerprint density at radius 2 is 1.92 bits per heavy atom. The minimum absolute atomic E-state index is 0.0610. The SMILES string of the molecule is Cc1cc(OCC(=O)Nc2ccc(Br)c(Cl)c2)c(C(C)C)cc1Br. The summed E-state index contributed by atoms with van der Waals surface area (Å²) in [5.74, 6) is 0.795.